The molecule has 0 bridgehead atoms. The van der Waals surface area contributed by atoms with Gasteiger partial charge in [-0.2, -0.15) is 0 Å². The van der Waals surface area contributed by atoms with Gasteiger partial charge in [0.25, 0.3) is 0 Å². The van der Waals surface area contributed by atoms with E-state index in [-0.39, 0.29) is 6.61 Å². The number of carbonyl (C=O) groups is 1. The Kier molecular flexibility index (Phi) is 34.8. The molecular formula is C40H77NO4. The van der Waals surface area contributed by atoms with Gasteiger partial charge >= 0.3 is 0 Å². The number of carbonyl (C=O) groups excluding carboxylic acids is 1. The fraction of sp³-hybridized carbons (Fsp3) is 0.875. The van der Waals surface area contributed by atoms with Gasteiger partial charge in [0.2, 0.25) is 5.91 Å². The van der Waals surface area contributed by atoms with E-state index in [4.69, 9.17) is 0 Å². The van der Waals surface area contributed by atoms with Crippen LogP contribution < -0.4 is 5.32 Å². The van der Waals surface area contributed by atoms with Crippen molar-refractivity contribution >= 4 is 5.91 Å². The molecule has 3 atom stereocenters. The number of hydrogen-bond acceptors (Lipinski definition) is 4. The number of allylic oxidation sites excluding steroid dienone is 3. The van der Waals surface area contributed by atoms with Crippen LogP contribution in [-0.4, -0.2) is 46.1 Å². The lowest BCUT2D eigenvalue weighted by molar-refractivity contribution is -0.131. The minimum atomic E-state index is -1.10. The Hall–Kier alpha value is -1.17. The minimum Gasteiger partial charge on any atom is -0.394 e. The van der Waals surface area contributed by atoms with Crippen molar-refractivity contribution in [2.24, 2.45) is 0 Å². The van der Waals surface area contributed by atoms with E-state index in [0.717, 1.165) is 38.5 Å². The molecule has 0 spiro atoms. The zero-order valence-corrected chi connectivity index (χ0v) is 30.0. The van der Waals surface area contributed by atoms with E-state index >= 15 is 0 Å². The van der Waals surface area contributed by atoms with Crippen molar-refractivity contribution in [3.63, 3.8) is 0 Å². The van der Waals surface area contributed by atoms with E-state index in [1.54, 1.807) is 6.08 Å². The Bertz CT molecular complexity index is 665. The predicted octanol–water partition coefficient (Wildman–Crippen LogP) is 10.7. The first-order valence-electron chi connectivity index (χ1n) is 19.7. The lowest BCUT2D eigenvalue weighted by Gasteiger charge is -2.21. The average molecular weight is 636 g/mol. The first-order chi connectivity index (χ1) is 22.1. The molecule has 0 heterocycles. The number of unbranched alkanes of at least 4 members (excludes halogenated alkanes) is 25. The summed E-state index contributed by atoms with van der Waals surface area (Å²) in [4.78, 5) is 12.4. The number of amides is 1. The third kappa shape index (κ3) is 31.2. The maximum Gasteiger partial charge on any atom is 0.249 e. The highest BCUT2D eigenvalue weighted by atomic mass is 16.3. The molecule has 0 aliphatic rings. The van der Waals surface area contributed by atoms with E-state index in [1.165, 1.54) is 141 Å². The number of rotatable bonds is 35. The van der Waals surface area contributed by atoms with Crippen molar-refractivity contribution in [2.45, 2.75) is 218 Å². The molecule has 266 valence electrons. The molecule has 0 radical (unpaired) electrons. The highest BCUT2D eigenvalue weighted by Crippen LogP contribution is 2.15. The van der Waals surface area contributed by atoms with Crippen LogP contribution in [0, 0.1) is 0 Å². The number of hydrogen-bond donors (Lipinski definition) is 4. The van der Waals surface area contributed by atoms with Gasteiger partial charge in [0.05, 0.1) is 18.8 Å². The van der Waals surface area contributed by atoms with Gasteiger partial charge in [0.1, 0.15) is 6.10 Å². The van der Waals surface area contributed by atoms with E-state index in [1.807, 2.05) is 6.08 Å². The molecule has 0 aromatic rings. The summed E-state index contributed by atoms with van der Waals surface area (Å²) in [5.41, 5.74) is 0. The van der Waals surface area contributed by atoms with Crippen LogP contribution in [0.5, 0.6) is 0 Å². The first kappa shape index (κ1) is 43.8. The number of nitrogens with one attached hydrogen (secondary N) is 1. The average Bonchev–Trinajstić information content (AvgIpc) is 3.04. The molecule has 0 saturated heterocycles. The lowest BCUT2D eigenvalue weighted by atomic mass is 10.0. The summed E-state index contributed by atoms with van der Waals surface area (Å²) in [5, 5.41) is 32.9. The molecule has 3 unspecified atom stereocenters. The van der Waals surface area contributed by atoms with Crippen molar-refractivity contribution in [2.75, 3.05) is 6.61 Å². The smallest absolute Gasteiger partial charge is 0.249 e. The Balaban J connectivity index is 3.69. The SMILES string of the molecule is CCCCCCCC/C=C/CC/C=C/C(O)C(CO)NC(=O)C(O)CCCCCCCCCCCCCCCCCCCCC. The van der Waals surface area contributed by atoms with Crippen LogP contribution in [0.2, 0.25) is 0 Å². The molecule has 1 amide bonds. The van der Waals surface area contributed by atoms with Crippen molar-refractivity contribution < 1.29 is 20.1 Å². The van der Waals surface area contributed by atoms with Gasteiger partial charge in [0.15, 0.2) is 0 Å². The second kappa shape index (κ2) is 35.7. The third-order valence-corrected chi connectivity index (χ3v) is 9.04. The summed E-state index contributed by atoms with van der Waals surface area (Å²) in [6.07, 6.45) is 42.0. The zero-order chi connectivity index (χ0) is 33.1. The van der Waals surface area contributed by atoms with Crippen molar-refractivity contribution in [3.05, 3.63) is 24.3 Å². The summed E-state index contributed by atoms with van der Waals surface area (Å²) < 4.78 is 0. The van der Waals surface area contributed by atoms with Crippen LogP contribution in [0.1, 0.15) is 200 Å². The standard InChI is InChI=1S/C40H77NO4/c1-3-5-7-9-11-13-15-17-18-19-20-21-22-23-25-27-29-31-33-35-39(44)40(45)41-37(36-42)38(43)34-32-30-28-26-24-16-14-12-10-8-6-4-2/h24,26,32,34,37-39,42-44H,3-23,25,27-31,33,35-36H2,1-2H3,(H,41,45)/b26-24+,34-32+. The molecular weight excluding hydrogens is 558 g/mol. The van der Waals surface area contributed by atoms with Crippen molar-refractivity contribution in [1.29, 1.82) is 0 Å². The Morgan fingerprint density at radius 2 is 0.911 bits per heavy atom. The first-order valence-corrected chi connectivity index (χ1v) is 19.7. The van der Waals surface area contributed by atoms with Crippen LogP contribution in [0.3, 0.4) is 0 Å². The Morgan fingerprint density at radius 3 is 1.36 bits per heavy atom. The largest absolute Gasteiger partial charge is 0.394 e. The molecule has 5 heteroatoms. The molecule has 0 aromatic carbocycles. The van der Waals surface area contributed by atoms with Gasteiger partial charge in [-0.25, -0.2) is 0 Å². The normalized spacial score (nSPS) is 14.0. The number of aliphatic hydroxyl groups is 3. The highest BCUT2D eigenvalue weighted by molar-refractivity contribution is 5.80. The molecule has 5 nitrogen and oxygen atoms in total. The maximum absolute atomic E-state index is 12.4. The van der Waals surface area contributed by atoms with Crippen LogP contribution in [0.15, 0.2) is 24.3 Å². The Morgan fingerprint density at radius 1 is 0.533 bits per heavy atom. The molecule has 0 aromatic heterocycles. The predicted molar refractivity (Wildman–Crippen MR) is 195 cm³/mol. The summed E-state index contributed by atoms with van der Waals surface area (Å²) >= 11 is 0. The molecule has 0 fully saturated rings. The van der Waals surface area contributed by atoms with E-state index in [9.17, 15) is 20.1 Å². The van der Waals surface area contributed by atoms with E-state index in [0.29, 0.717) is 6.42 Å². The third-order valence-electron chi connectivity index (χ3n) is 9.04. The van der Waals surface area contributed by atoms with Gasteiger partial charge in [-0.1, -0.05) is 192 Å². The summed E-state index contributed by atoms with van der Waals surface area (Å²) in [5.74, 6) is -0.512. The summed E-state index contributed by atoms with van der Waals surface area (Å²) in [6, 6.07) is -0.809. The highest BCUT2D eigenvalue weighted by Gasteiger charge is 2.22. The Labute approximate surface area is 280 Å². The monoisotopic (exact) mass is 636 g/mol. The van der Waals surface area contributed by atoms with E-state index < -0.39 is 24.2 Å². The second-order valence-corrected chi connectivity index (χ2v) is 13.5. The van der Waals surface area contributed by atoms with Gasteiger partial charge < -0.3 is 20.6 Å². The maximum atomic E-state index is 12.4. The lowest BCUT2D eigenvalue weighted by Crippen LogP contribution is -2.48. The van der Waals surface area contributed by atoms with Gasteiger partial charge in [-0.05, 0) is 32.1 Å². The van der Waals surface area contributed by atoms with Crippen LogP contribution in [0.4, 0.5) is 0 Å². The molecule has 0 aliphatic heterocycles. The topological polar surface area (TPSA) is 89.8 Å². The minimum absolute atomic E-state index is 0.374. The van der Waals surface area contributed by atoms with E-state index in [2.05, 4.69) is 31.3 Å². The summed E-state index contributed by atoms with van der Waals surface area (Å²) in [7, 11) is 0. The van der Waals surface area contributed by atoms with Gasteiger partial charge in [-0.15, -0.1) is 0 Å². The molecule has 45 heavy (non-hydrogen) atoms. The summed E-state index contributed by atoms with van der Waals surface area (Å²) in [6.45, 7) is 4.15. The molecule has 0 aliphatic carbocycles. The van der Waals surface area contributed by atoms with Crippen molar-refractivity contribution in [1.82, 2.24) is 5.32 Å². The second-order valence-electron chi connectivity index (χ2n) is 13.5. The van der Waals surface area contributed by atoms with Crippen LogP contribution in [-0.2, 0) is 4.79 Å². The van der Waals surface area contributed by atoms with Gasteiger partial charge in [0, 0.05) is 0 Å². The number of aliphatic hydroxyl groups excluding tert-OH is 3. The zero-order valence-electron chi connectivity index (χ0n) is 30.0. The molecule has 0 saturated carbocycles. The molecule has 4 N–H and O–H groups in total. The van der Waals surface area contributed by atoms with Crippen molar-refractivity contribution in [3.8, 4) is 0 Å². The van der Waals surface area contributed by atoms with Crippen LogP contribution in [0.25, 0.3) is 0 Å². The quantitative estimate of drug-likeness (QED) is 0.0412. The van der Waals surface area contributed by atoms with Gasteiger partial charge in [-0.3, -0.25) is 4.79 Å². The van der Waals surface area contributed by atoms with Crippen LogP contribution >= 0.6 is 0 Å². The molecule has 0 rings (SSSR count). The fourth-order valence-electron chi connectivity index (χ4n) is 5.91. The fourth-order valence-corrected chi connectivity index (χ4v) is 5.91.